The summed E-state index contributed by atoms with van der Waals surface area (Å²) in [5.74, 6) is 1.56. The number of imidazole rings is 1. The van der Waals surface area contributed by atoms with Gasteiger partial charge in [0.25, 0.3) is 0 Å². The lowest BCUT2D eigenvalue weighted by Crippen LogP contribution is -2.41. The van der Waals surface area contributed by atoms with Crippen molar-refractivity contribution in [1.82, 2.24) is 15.3 Å². The van der Waals surface area contributed by atoms with Crippen molar-refractivity contribution in [2.45, 2.75) is 25.7 Å². The number of aromatic nitrogens is 2. The highest BCUT2D eigenvalue weighted by molar-refractivity contribution is 5.88. The van der Waals surface area contributed by atoms with Crippen LogP contribution in [-0.4, -0.2) is 29.5 Å². The predicted molar refractivity (Wildman–Crippen MR) is 98.8 cm³/mol. The van der Waals surface area contributed by atoms with Crippen molar-refractivity contribution in [3.05, 3.63) is 59.9 Å². The fourth-order valence-corrected chi connectivity index (χ4v) is 2.92. The molecule has 0 saturated carbocycles. The summed E-state index contributed by atoms with van der Waals surface area (Å²) in [6, 6.07) is 15.5. The number of carbonyl (C=O) groups excluding carboxylic acids is 1. The van der Waals surface area contributed by atoms with E-state index in [4.69, 9.17) is 4.74 Å². The lowest BCUT2D eigenvalue weighted by molar-refractivity contribution is -0.125. The van der Waals surface area contributed by atoms with E-state index in [2.05, 4.69) is 15.3 Å². The van der Waals surface area contributed by atoms with Gasteiger partial charge < -0.3 is 15.0 Å². The molecule has 1 heterocycles. The molecule has 130 valence electrons. The lowest BCUT2D eigenvalue weighted by atomic mass is 9.83. The second-order valence-corrected chi connectivity index (χ2v) is 6.53. The van der Waals surface area contributed by atoms with Gasteiger partial charge in [-0.25, -0.2) is 4.98 Å². The monoisotopic (exact) mass is 337 g/mol. The normalized spacial score (nSPS) is 11.5. The first kappa shape index (κ1) is 17.0. The zero-order chi connectivity index (χ0) is 17.9. The quantitative estimate of drug-likeness (QED) is 0.726. The molecule has 2 N–H and O–H groups in total. The van der Waals surface area contributed by atoms with Crippen molar-refractivity contribution in [2.24, 2.45) is 0 Å². The Hall–Kier alpha value is -2.82. The SMILES string of the molecule is COc1ccccc1C(C)(C)C(=O)NCCc1nc2ccccc2[nH]1. The van der Waals surface area contributed by atoms with Crippen molar-refractivity contribution in [1.29, 1.82) is 0 Å². The standard InChI is InChI=1S/C20H23N3O2/c1-20(2,14-8-4-7-11-17(14)25-3)19(24)21-13-12-18-22-15-9-5-6-10-16(15)23-18/h4-11H,12-13H2,1-3H3,(H,21,24)(H,22,23). The first-order valence-corrected chi connectivity index (χ1v) is 8.38. The molecular weight excluding hydrogens is 314 g/mol. The van der Waals surface area contributed by atoms with Gasteiger partial charge in [-0.3, -0.25) is 4.79 Å². The van der Waals surface area contributed by atoms with E-state index < -0.39 is 5.41 Å². The summed E-state index contributed by atoms with van der Waals surface area (Å²) in [5, 5.41) is 3.01. The minimum atomic E-state index is -0.680. The van der Waals surface area contributed by atoms with Crippen LogP contribution in [0.15, 0.2) is 48.5 Å². The molecule has 0 aliphatic carbocycles. The first-order valence-electron chi connectivity index (χ1n) is 8.38. The Balaban J connectivity index is 1.65. The molecule has 5 nitrogen and oxygen atoms in total. The van der Waals surface area contributed by atoms with E-state index in [1.54, 1.807) is 7.11 Å². The van der Waals surface area contributed by atoms with Gasteiger partial charge in [0, 0.05) is 18.5 Å². The van der Waals surface area contributed by atoms with Crippen LogP contribution in [0, 0.1) is 0 Å². The Bertz CT molecular complexity index is 850. The molecule has 5 heteroatoms. The number of hydrogen-bond acceptors (Lipinski definition) is 3. The third-order valence-electron chi connectivity index (χ3n) is 4.43. The van der Waals surface area contributed by atoms with Gasteiger partial charge in [0.15, 0.2) is 0 Å². The first-order chi connectivity index (χ1) is 12.0. The van der Waals surface area contributed by atoms with Gasteiger partial charge in [0.1, 0.15) is 11.6 Å². The number of nitrogens with one attached hydrogen (secondary N) is 2. The third-order valence-corrected chi connectivity index (χ3v) is 4.43. The molecule has 3 rings (SSSR count). The van der Waals surface area contributed by atoms with Gasteiger partial charge in [-0.2, -0.15) is 0 Å². The molecule has 3 aromatic rings. The average Bonchev–Trinajstić information content (AvgIpc) is 3.04. The number of hydrogen-bond donors (Lipinski definition) is 2. The molecule has 1 amide bonds. The maximum absolute atomic E-state index is 12.7. The lowest BCUT2D eigenvalue weighted by Gasteiger charge is -2.26. The average molecular weight is 337 g/mol. The highest BCUT2D eigenvalue weighted by atomic mass is 16.5. The van der Waals surface area contributed by atoms with Crippen LogP contribution in [0.3, 0.4) is 0 Å². The summed E-state index contributed by atoms with van der Waals surface area (Å²) in [7, 11) is 1.62. The van der Waals surface area contributed by atoms with E-state index in [1.807, 2.05) is 62.4 Å². The molecule has 0 saturated heterocycles. The van der Waals surface area contributed by atoms with Crippen molar-refractivity contribution in [3.63, 3.8) is 0 Å². The van der Waals surface area contributed by atoms with E-state index in [0.29, 0.717) is 13.0 Å². The largest absolute Gasteiger partial charge is 0.496 e. The van der Waals surface area contributed by atoms with Crippen LogP contribution in [0.2, 0.25) is 0 Å². The minimum absolute atomic E-state index is 0.0342. The van der Waals surface area contributed by atoms with Crippen LogP contribution in [0.4, 0.5) is 0 Å². The van der Waals surface area contributed by atoms with Crippen molar-refractivity contribution in [2.75, 3.05) is 13.7 Å². The van der Waals surface area contributed by atoms with Crippen molar-refractivity contribution < 1.29 is 9.53 Å². The summed E-state index contributed by atoms with van der Waals surface area (Å²) in [5.41, 5.74) is 2.15. The number of fused-ring (bicyclic) bond motifs is 1. The van der Waals surface area contributed by atoms with Gasteiger partial charge in [-0.05, 0) is 32.0 Å². The number of H-pyrrole nitrogens is 1. The Morgan fingerprint density at radius 3 is 2.64 bits per heavy atom. The maximum Gasteiger partial charge on any atom is 0.230 e. The van der Waals surface area contributed by atoms with Crippen LogP contribution in [0.5, 0.6) is 5.75 Å². The Labute approximate surface area is 147 Å². The molecule has 0 spiro atoms. The number of methoxy groups -OCH3 is 1. The molecule has 0 aliphatic heterocycles. The zero-order valence-electron chi connectivity index (χ0n) is 14.8. The predicted octanol–water partition coefficient (Wildman–Crippen LogP) is 3.21. The van der Waals surface area contributed by atoms with Crippen LogP contribution >= 0.6 is 0 Å². The topological polar surface area (TPSA) is 67.0 Å². The number of rotatable bonds is 6. The molecule has 0 fully saturated rings. The second kappa shape index (κ2) is 6.97. The van der Waals surface area contributed by atoms with Crippen molar-refractivity contribution >= 4 is 16.9 Å². The van der Waals surface area contributed by atoms with Gasteiger partial charge >= 0.3 is 0 Å². The molecular formula is C20H23N3O2. The molecule has 0 atom stereocenters. The number of nitrogens with zero attached hydrogens (tertiary/aromatic N) is 1. The highest BCUT2D eigenvalue weighted by Gasteiger charge is 2.32. The Kier molecular flexibility index (Phi) is 4.74. The highest BCUT2D eigenvalue weighted by Crippen LogP contribution is 2.31. The fourth-order valence-electron chi connectivity index (χ4n) is 2.92. The number of para-hydroxylation sites is 3. The van der Waals surface area contributed by atoms with Gasteiger partial charge in [0.2, 0.25) is 5.91 Å². The smallest absolute Gasteiger partial charge is 0.230 e. The number of carbonyl (C=O) groups is 1. The maximum atomic E-state index is 12.7. The van der Waals surface area contributed by atoms with E-state index in [-0.39, 0.29) is 5.91 Å². The molecule has 0 unspecified atom stereocenters. The zero-order valence-corrected chi connectivity index (χ0v) is 14.8. The van der Waals surface area contributed by atoms with Gasteiger partial charge in [-0.15, -0.1) is 0 Å². The fraction of sp³-hybridized carbons (Fsp3) is 0.300. The van der Waals surface area contributed by atoms with E-state index in [9.17, 15) is 4.79 Å². The molecule has 0 aliphatic rings. The Morgan fingerprint density at radius 1 is 1.16 bits per heavy atom. The van der Waals surface area contributed by atoms with E-state index in [0.717, 1.165) is 28.2 Å². The number of benzene rings is 2. The summed E-state index contributed by atoms with van der Waals surface area (Å²) in [6.07, 6.45) is 0.655. The van der Waals surface area contributed by atoms with Crippen LogP contribution in [0.25, 0.3) is 11.0 Å². The van der Waals surface area contributed by atoms with Gasteiger partial charge in [0.05, 0.1) is 23.6 Å². The number of amides is 1. The van der Waals surface area contributed by atoms with E-state index in [1.165, 1.54) is 0 Å². The third kappa shape index (κ3) is 3.50. The molecule has 25 heavy (non-hydrogen) atoms. The minimum Gasteiger partial charge on any atom is -0.496 e. The summed E-state index contributed by atoms with van der Waals surface area (Å²) in [6.45, 7) is 4.33. The summed E-state index contributed by atoms with van der Waals surface area (Å²) < 4.78 is 5.39. The number of ether oxygens (including phenoxy) is 1. The molecule has 2 aromatic carbocycles. The summed E-state index contributed by atoms with van der Waals surface area (Å²) >= 11 is 0. The van der Waals surface area contributed by atoms with Gasteiger partial charge in [-0.1, -0.05) is 30.3 Å². The summed E-state index contributed by atoms with van der Waals surface area (Å²) in [4.78, 5) is 20.5. The van der Waals surface area contributed by atoms with Crippen LogP contribution in [-0.2, 0) is 16.6 Å². The Morgan fingerprint density at radius 2 is 1.88 bits per heavy atom. The second-order valence-electron chi connectivity index (χ2n) is 6.53. The molecule has 1 aromatic heterocycles. The molecule has 0 bridgehead atoms. The van der Waals surface area contributed by atoms with Crippen LogP contribution in [0.1, 0.15) is 25.2 Å². The van der Waals surface area contributed by atoms with E-state index >= 15 is 0 Å². The molecule has 0 radical (unpaired) electrons. The van der Waals surface area contributed by atoms with Crippen molar-refractivity contribution in [3.8, 4) is 5.75 Å². The number of aromatic amines is 1. The van der Waals surface area contributed by atoms with Crippen LogP contribution < -0.4 is 10.1 Å².